The summed E-state index contributed by atoms with van der Waals surface area (Å²) in [6, 6.07) is 1.62. The van der Waals surface area contributed by atoms with Crippen LogP contribution in [0.2, 0.25) is 0 Å². The molecule has 21 heavy (non-hydrogen) atoms. The molecule has 0 atom stereocenters. The van der Waals surface area contributed by atoms with Crippen LogP contribution in [0.15, 0.2) is 12.1 Å². The van der Waals surface area contributed by atoms with Crippen LogP contribution in [0.3, 0.4) is 0 Å². The lowest BCUT2D eigenvalue weighted by molar-refractivity contribution is 0.379. The first kappa shape index (κ1) is 15.0. The van der Waals surface area contributed by atoms with Gasteiger partial charge in [0.25, 0.3) is 0 Å². The molecule has 1 N–H and O–H groups in total. The lowest BCUT2D eigenvalue weighted by Gasteiger charge is -2.08. The fourth-order valence-corrected chi connectivity index (χ4v) is 1.58. The van der Waals surface area contributed by atoms with Crippen LogP contribution in [0.4, 0.5) is 19.1 Å². The normalized spacial score (nSPS) is 10.5. The number of anilines is 1. The molecule has 1 aromatic heterocycles. The van der Waals surface area contributed by atoms with E-state index in [0.717, 1.165) is 18.6 Å². The van der Waals surface area contributed by atoms with Crippen LogP contribution in [0.5, 0.6) is 6.01 Å². The van der Waals surface area contributed by atoms with E-state index in [0.29, 0.717) is 6.54 Å². The van der Waals surface area contributed by atoms with Crippen molar-refractivity contribution < 1.29 is 17.9 Å². The second-order valence-electron chi connectivity index (χ2n) is 4.15. The van der Waals surface area contributed by atoms with E-state index >= 15 is 0 Å². The Morgan fingerprint density at radius 2 is 1.76 bits per heavy atom. The summed E-state index contributed by atoms with van der Waals surface area (Å²) < 4.78 is 44.5. The van der Waals surface area contributed by atoms with Crippen LogP contribution < -0.4 is 10.1 Å². The van der Waals surface area contributed by atoms with Crippen molar-refractivity contribution in [3.63, 3.8) is 0 Å². The van der Waals surface area contributed by atoms with E-state index in [2.05, 4.69) is 20.3 Å². The summed E-state index contributed by atoms with van der Waals surface area (Å²) in [5.74, 6) is -3.97. The molecular weight excluding hydrogens is 285 g/mol. The molecule has 0 saturated heterocycles. The van der Waals surface area contributed by atoms with Crippen molar-refractivity contribution >= 4 is 5.95 Å². The van der Waals surface area contributed by atoms with Gasteiger partial charge in [0, 0.05) is 12.1 Å². The molecule has 2 rings (SSSR count). The van der Waals surface area contributed by atoms with E-state index < -0.39 is 17.5 Å². The van der Waals surface area contributed by atoms with Gasteiger partial charge in [-0.15, -0.1) is 0 Å². The fraction of sp³-hybridized carbons (Fsp3) is 0.308. The monoisotopic (exact) mass is 298 g/mol. The van der Waals surface area contributed by atoms with Crippen molar-refractivity contribution in [2.24, 2.45) is 0 Å². The van der Waals surface area contributed by atoms with Gasteiger partial charge in [0.1, 0.15) is 0 Å². The molecule has 112 valence electrons. The van der Waals surface area contributed by atoms with Crippen LogP contribution in [0, 0.1) is 17.5 Å². The first-order valence-corrected chi connectivity index (χ1v) is 6.24. The second-order valence-corrected chi connectivity index (χ2v) is 4.15. The number of aromatic nitrogens is 3. The molecule has 2 aromatic rings. The van der Waals surface area contributed by atoms with Crippen molar-refractivity contribution in [3.05, 3.63) is 29.6 Å². The predicted molar refractivity (Wildman–Crippen MR) is 70.5 cm³/mol. The molecule has 0 amide bonds. The highest BCUT2D eigenvalue weighted by Crippen LogP contribution is 2.23. The van der Waals surface area contributed by atoms with Crippen LogP contribution >= 0.6 is 0 Å². The Hall–Kier alpha value is -2.38. The summed E-state index contributed by atoms with van der Waals surface area (Å²) in [6.45, 7) is 2.57. The largest absolute Gasteiger partial charge is 0.467 e. The Balaban J connectivity index is 2.47. The second kappa shape index (κ2) is 6.38. The molecule has 0 bridgehead atoms. The lowest BCUT2D eigenvalue weighted by atomic mass is 10.2. The Bertz CT molecular complexity index is 628. The molecular formula is C13H13F3N4O. The fourth-order valence-electron chi connectivity index (χ4n) is 1.58. The summed E-state index contributed by atoms with van der Waals surface area (Å²) >= 11 is 0. The summed E-state index contributed by atoms with van der Waals surface area (Å²) in [6.07, 6.45) is 0.836. The number of benzene rings is 1. The first-order chi connectivity index (χ1) is 10.0. The Morgan fingerprint density at radius 1 is 1.10 bits per heavy atom. The van der Waals surface area contributed by atoms with Gasteiger partial charge in [-0.2, -0.15) is 15.0 Å². The maximum Gasteiger partial charge on any atom is 0.321 e. The van der Waals surface area contributed by atoms with Gasteiger partial charge >= 0.3 is 6.01 Å². The highest BCUT2D eigenvalue weighted by atomic mass is 19.2. The SMILES string of the molecule is CCCNc1nc(OC)nc(-c2cc(F)c(F)c(F)c2)n1. The third kappa shape index (κ3) is 3.39. The molecule has 0 aliphatic carbocycles. The zero-order chi connectivity index (χ0) is 15.4. The molecule has 1 aromatic carbocycles. The van der Waals surface area contributed by atoms with E-state index in [1.165, 1.54) is 7.11 Å². The number of hydrogen-bond donors (Lipinski definition) is 1. The van der Waals surface area contributed by atoms with E-state index in [1.807, 2.05) is 6.92 Å². The molecule has 0 saturated carbocycles. The number of nitrogens with zero attached hydrogens (tertiary/aromatic N) is 3. The van der Waals surface area contributed by atoms with Gasteiger partial charge in [-0.05, 0) is 18.6 Å². The van der Waals surface area contributed by atoms with Crippen molar-refractivity contribution in [1.29, 1.82) is 0 Å². The highest BCUT2D eigenvalue weighted by molar-refractivity contribution is 5.57. The van der Waals surface area contributed by atoms with Crippen molar-refractivity contribution in [2.45, 2.75) is 13.3 Å². The summed E-state index contributed by atoms with van der Waals surface area (Å²) in [5, 5.41) is 2.92. The van der Waals surface area contributed by atoms with Crippen LogP contribution in [0.1, 0.15) is 13.3 Å². The molecule has 1 heterocycles. The number of ether oxygens (including phenoxy) is 1. The van der Waals surface area contributed by atoms with Crippen molar-refractivity contribution in [1.82, 2.24) is 15.0 Å². The molecule has 0 aliphatic rings. The van der Waals surface area contributed by atoms with Gasteiger partial charge in [0.05, 0.1) is 7.11 Å². The zero-order valence-electron chi connectivity index (χ0n) is 11.5. The van der Waals surface area contributed by atoms with E-state index in [1.54, 1.807) is 0 Å². The smallest absolute Gasteiger partial charge is 0.321 e. The van der Waals surface area contributed by atoms with Crippen LogP contribution in [-0.2, 0) is 0 Å². The number of halogens is 3. The molecule has 0 radical (unpaired) electrons. The van der Waals surface area contributed by atoms with Gasteiger partial charge in [-0.3, -0.25) is 0 Å². The minimum Gasteiger partial charge on any atom is -0.467 e. The summed E-state index contributed by atoms with van der Waals surface area (Å²) in [4.78, 5) is 11.9. The Morgan fingerprint density at radius 3 is 2.33 bits per heavy atom. The Kier molecular flexibility index (Phi) is 4.56. The van der Waals surface area contributed by atoms with Gasteiger partial charge in [0.15, 0.2) is 23.3 Å². The molecule has 0 unspecified atom stereocenters. The third-order valence-electron chi connectivity index (χ3n) is 2.57. The molecule has 0 fully saturated rings. The van der Waals surface area contributed by atoms with E-state index in [4.69, 9.17) is 4.74 Å². The third-order valence-corrected chi connectivity index (χ3v) is 2.57. The number of hydrogen-bond acceptors (Lipinski definition) is 5. The minimum atomic E-state index is -1.54. The number of methoxy groups -OCH3 is 1. The highest BCUT2D eigenvalue weighted by Gasteiger charge is 2.15. The van der Waals surface area contributed by atoms with Gasteiger partial charge < -0.3 is 10.1 Å². The van der Waals surface area contributed by atoms with Crippen LogP contribution in [-0.4, -0.2) is 28.6 Å². The van der Waals surface area contributed by atoms with E-state index in [9.17, 15) is 13.2 Å². The zero-order valence-corrected chi connectivity index (χ0v) is 11.5. The first-order valence-electron chi connectivity index (χ1n) is 6.24. The maximum atomic E-state index is 13.3. The van der Waals surface area contributed by atoms with Crippen molar-refractivity contribution in [3.8, 4) is 17.4 Å². The van der Waals surface area contributed by atoms with Crippen LogP contribution in [0.25, 0.3) is 11.4 Å². The number of rotatable bonds is 5. The Labute approximate surface area is 119 Å². The van der Waals surface area contributed by atoms with Gasteiger partial charge in [-0.25, -0.2) is 13.2 Å². The lowest BCUT2D eigenvalue weighted by Crippen LogP contribution is -2.08. The standard InChI is InChI=1S/C13H13F3N4O/c1-3-4-17-12-18-11(19-13(20-12)21-2)7-5-8(14)10(16)9(15)6-7/h5-6H,3-4H2,1-2H3,(H,17,18,19,20). The predicted octanol–water partition coefficient (Wildman–Crippen LogP) is 2.79. The minimum absolute atomic E-state index is 0.00773. The molecule has 0 aliphatic heterocycles. The number of nitrogens with one attached hydrogen (secondary N) is 1. The molecule has 0 spiro atoms. The average molecular weight is 298 g/mol. The molecule has 5 nitrogen and oxygen atoms in total. The van der Waals surface area contributed by atoms with E-state index in [-0.39, 0.29) is 23.3 Å². The topological polar surface area (TPSA) is 59.9 Å². The van der Waals surface area contributed by atoms with Gasteiger partial charge in [-0.1, -0.05) is 6.92 Å². The van der Waals surface area contributed by atoms with Gasteiger partial charge in [0.2, 0.25) is 5.95 Å². The average Bonchev–Trinajstić information content (AvgIpc) is 2.49. The summed E-state index contributed by atoms with van der Waals surface area (Å²) in [5.41, 5.74) is -0.00773. The quantitative estimate of drug-likeness (QED) is 0.860. The summed E-state index contributed by atoms with van der Waals surface area (Å²) in [7, 11) is 1.36. The molecule has 8 heteroatoms. The maximum absolute atomic E-state index is 13.3. The van der Waals surface area contributed by atoms with Crippen molar-refractivity contribution in [2.75, 3.05) is 19.0 Å².